The number of nitrogens with one attached hydrogen (secondary N) is 1. The number of carbonyl (C=O) groups is 1. The maximum atomic E-state index is 12.2. The van der Waals surface area contributed by atoms with Crippen LogP contribution in [-0.4, -0.2) is 33.3 Å². The summed E-state index contributed by atoms with van der Waals surface area (Å²) < 4.78 is 6.38. The van der Waals surface area contributed by atoms with E-state index in [0.29, 0.717) is 13.1 Å². The van der Waals surface area contributed by atoms with Gasteiger partial charge in [0, 0.05) is 23.2 Å². The highest BCUT2D eigenvalue weighted by Gasteiger charge is 2.38. The van der Waals surface area contributed by atoms with Crippen LogP contribution in [0.25, 0.3) is 0 Å². The molecule has 0 spiro atoms. The SMILES string of the molecule is CC(C)(C)OC(=O)N1Cc2c(I)n[nH]c2C(C)(C)C1. The fraction of sp³-hybridized carbons (Fsp3) is 0.692. The number of hydrogen-bond acceptors (Lipinski definition) is 3. The predicted octanol–water partition coefficient (Wildman–Crippen LogP) is 3.04. The number of halogens is 1. The third kappa shape index (κ3) is 3.04. The maximum absolute atomic E-state index is 12.2. The summed E-state index contributed by atoms with van der Waals surface area (Å²) in [4.78, 5) is 14.0. The number of nitrogens with zero attached hydrogens (tertiary/aromatic N) is 2. The van der Waals surface area contributed by atoms with E-state index in [-0.39, 0.29) is 11.5 Å². The van der Waals surface area contributed by atoms with Gasteiger partial charge >= 0.3 is 6.09 Å². The van der Waals surface area contributed by atoms with Crippen LogP contribution in [0.15, 0.2) is 0 Å². The van der Waals surface area contributed by atoms with Gasteiger partial charge in [-0.3, -0.25) is 5.10 Å². The Balaban J connectivity index is 2.24. The van der Waals surface area contributed by atoms with Crippen molar-refractivity contribution in [3.05, 3.63) is 15.0 Å². The molecule has 1 aromatic heterocycles. The quantitative estimate of drug-likeness (QED) is 0.708. The topological polar surface area (TPSA) is 58.2 Å². The third-order valence-electron chi connectivity index (χ3n) is 3.08. The van der Waals surface area contributed by atoms with E-state index in [9.17, 15) is 4.79 Å². The van der Waals surface area contributed by atoms with Gasteiger partial charge in [0.1, 0.15) is 9.30 Å². The molecular weight excluding hydrogens is 357 g/mol. The van der Waals surface area contributed by atoms with Gasteiger partial charge in [-0.1, -0.05) is 13.8 Å². The molecule has 0 aliphatic carbocycles. The fourth-order valence-corrected chi connectivity index (χ4v) is 2.87. The first-order valence-corrected chi connectivity index (χ1v) is 7.39. The molecular formula is C13H20IN3O2. The molecule has 1 aliphatic heterocycles. The van der Waals surface area contributed by atoms with E-state index >= 15 is 0 Å². The van der Waals surface area contributed by atoms with Crippen molar-refractivity contribution in [2.45, 2.75) is 52.2 Å². The lowest BCUT2D eigenvalue weighted by Gasteiger charge is -2.38. The zero-order valence-corrected chi connectivity index (χ0v) is 14.2. The Kier molecular flexibility index (Phi) is 3.57. The van der Waals surface area contributed by atoms with Crippen LogP contribution in [0.3, 0.4) is 0 Å². The number of rotatable bonds is 0. The molecule has 1 aliphatic rings. The molecule has 2 heterocycles. The summed E-state index contributed by atoms with van der Waals surface area (Å²) >= 11 is 2.20. The molecule has 1 aromatic rings. The highest BCUT2D eigenvalue weighted by molar-refractivity contribution is 14.1. The summed E-state index contributed by atoms with van der Waals surface area (Å²) in [7, 11) is 0. The second kappa shape index (κ2) is 4.64. The number of hydrogen-bond donors (Lipinski definition) is 1. The van der Waals surface area contributed by atoms with Gasteiger partial charge in [-0.2, -0.15) is 5.10 Å². The number of aromatic nitrogens is 2. The van der Waals surface area contributed by atoms with E-state index in [1.807, 2.05) is 20.8 Å². The summed E-state index contributed by atoms with van der Waals surface area (Å²) in [5, 5.41) is 7.33. The highest BCUT2D eigenvalue weighted by Crippen LogP contribution is 2.34. The highest BCUT2D eigenvalue weighted by atomic mass is 127. The van der Waals surface area contributed by atoms with Crippen molar-refractivity contribution < 1.29 is 9.53 Å². The van der Waals surface area contributed by atoms with Crippen LogP contribution in [0.5, 0.6) is 0 Å². The van der Waals surface area contributed by atoms with Gasteiger partial charge in [0.05, 0.1) is 6.54 Å². The molecule has 106 valence electrons. The average Bonchev–Trinajstić information content (AvgIpc) is 2.58. The molecule has 1 amide bonds. The lowest BCUT2D eigenvalue weighted by Crippen LogP contribution is -2.46. The Morgan fingerprint density at radius 3 is 2.68 bits per heavy atom. The van der Waals surface area contributed by atoms with Crippen LogP contribution in [0.2, 0.25) is 0 Å². The summed E-state index contributed by atoms with van der Waals surface area (Å²) in [6, 6.07) is 0. The minimum absolute atomic E-state index is 0.138. The number of aromatic amines is 1. The number of ether oxygens (including phenoxy) is 1. The molecule has 0 unspecified atom stereocenters. The Bertz CT molecular complexity index is 502. The summed E-state index contributed by atoms with van der Waals surface area (Å²) in [6.45, 7) is 11.1. The van der Waals surface area contributed by atoms with Gasteiger partial charge < -0.3 is 9.64 Å². The lowest BCUT2D eigenvalue weighted by molar-refractivity contribution is 0.0172. The molecule has 0 aromatic carbocycles. The van der Waals surface area contributed by atoms with Gasteiger partial charge in [0.25, 0.3) is 0 Å². The Morgan fingerprint density at radius 1 is 1.47 bits per heavy atom. The second-order valence-electron chi connectivity index (χ2n) is 6.59. The molecule has 5 nitrogen and oxygen atoms in total. The van der Waals surface area contributed by atoms with Crippen LogP contribution in [0, 0.1) is 3.70 Å². The molecule has 19 heavy (non-hydrogen) atoms. The van der Waals surface area contributed by atoms with Crippen LogP contribution >= 0.6 is 22.6 Å². The Hall–Kier alpha value is -0.790. The molecule has 0 bridgehead atoms. The van der Waals surface area contributed by atoms with Gasteiger partial charge in [-0.25, -0.2) is 4.79 Å². The number of amides is 1. The fourth-order valence-electron chi connectivity index (χ4n) is 2.31. The largest absolute Gasteiger partial charge is 0.444 e. The van der Waals surface area contributed by atoms with Crippen molar-refractivity contribution in [1.82, 2.24) is 15.1 Å². The van der Waals surface area contributed by atoms with Crippen LogP contribution in [-0.2, 0) is 16.7 Å². The average molecular weight is 377 g/mol. The zero-order chi connectivity index (χ0) is 14.4. The second-order valence-corrected chi connectivity index (χ2v) is 7.61. The van der Waals surface area contributed by atoms with Crippen molar-refractivity contribution >= 4 is 28.7 Å². The summed E-state index contributed by atoms with van der Waals surface area (Å²) in [5.74, 6) is 0. The van der Waals surface area contributed by atoms with Gasteiger partial charge in [-0.05, 0) is 43.4 Å². The molecule has 6 heteroatoms. The van der Waals surface area contributed by atoms with Crippen LogP contribution in [0.4, 0.5) is 4.79 Å². The Morgan fingerprint density at radius 2 is 2.11 bits per heavy atom. The van der Waals surface area contributed by atoms with Crippen molar-refractivity contribution in [3.63, 3.8) is 0 Å². The van der Waals surface area contributed by atoms with E-state index in [0.717, 1.165) is 15.0 Å². The molecule has 0 atom stereocenters. The lowest BCUT2D eigenvalue weighted by atomic mass is 9.83. The van der Waals surface area contributed by atoms with Crippen LogP contribution < -0.4 is 0 Å². The van der Waals surface area contributed by atoms with Crippen molar-refractivity contribution in [2.24, 2.45) is 0 Å². The maximum Gasteiger partial charge on any atom is 0.410 e. The van der Waals surface area contributed by atoms with E-state index in [4.69, 9.17) is 4.74 Å². The van der Waals surface area contributed by atoms with Crippen molar-refractivity contribution in [1.29, 1.82) is 0 Å². The van der Waals surface area contributed by atoms with Gasteiger partial charge in [0.15, 0.2) is 0 Å². The standard InChI is InChI=1S/C13H20IN3O2/c1-12(2,3)19-11(18)17-6-8-9(13(4,5)7-17)15-16-10(8)14/h6-7H2,1-5H3,(H,15,16). The molecule has 0 radical (unpaired) electrons. The molecule has 0 saturated heterocycles. The Labute approximate surface area is 127 Å². The zero-order valence-electron chi connectivity index (χ0n) is 12.0. The number of carbonyl (C=O) groups excluding carboxylic acids is 1. The normalized spacial score (nSPS) is 18.1. The summed E-state index contributed by atoms with van der Waals surface area (Å²) in [5.41, 5.74) is 1.62. The third-order valence-corrected chi connectivity index (χ3v) is 3.97. The van der Waals surface area contributed by atoms with E-state index in [1.165, 1.54) is 0 Å². The first-order chi connectivity index (χ1) is 8.60. The minimum Gasteiger partial charge on any atom is -0.444 e. The van der Waals surface area contributed by atoms with E-state index < -0.39 is 5.60 Å². The monoisotopic (exact) mass is 377 g/mol. The first kappa shape index (κ1) is 14.6. The summed E-state index contributed by atoms with van der Waals surface area (Å²) in [6.07, 6.45) is -0.261. The van der Waals surface area contributed by atoms with Crippen molar-refractivity contribution in [2.75, 3.05) is 6.54 Å². The van der Waals surface area contributed by atoms with Gasteiger partial charge in [-0.15, -0.1) is 0 Å². The molecule has 0 saturated carbocycles. The van der Waals surface area contributed by atoms with E-state index in [2.05, 4.69) is 46.6 Å². The van der Waals surface area contributed by atoms with Crippen LogP contribution in [0.1, 0.15) is 45.9 Å². The smallest absolute Gasteiger partial charge is 0.410 e. The predicted molar refractivity (Wildman–Crippen MR) is 81.0 cm³/mol. The minimum atomic E-state index is -0.467. The van der Waals surface area contributed by atoms with Crippen molar-refractivity contribution in [3.8, 4) is 0 Å². The number of H-pyrrole nitrogens is 1. The number of fused-ring (bicyclic) bond motifs is 1. The molecule has 2 rings (SSSR count). The molecule has 1 N–H and O–H groups in total. The van der Waals surface area contributed by atoms with Gasteiger partial charge in [0.2, 0.25) is 0 Å². The molecule has 0 fully saturated rings. The first-order valence-electron chi connectivity index (χ1n) is 6.31. The van der Waals surface area contributed by atoms with E-state index in [1.54, 1.807) is 4.90 Å².